The fourth-order valence-corrected chi connectivity index (χ4v) is 5.02. The minimum Gasteiger partial charge on any atom is -0.487 e. The van der Waals surface area contributed by atoms with Crippen LogP contribution in [0, 0.1) is 3.57 Å². The van der Waals surface area contributed by atoms with Gasteiger partial charge in [0.2, 0.25) is 15.9 Å². The molecule has 2 aromatic rings. The molecule has 0 fully saturated rings. The summed E-state index contributed by atoms with van der Waals surface area (Å²) < 4.78 is 33.1. The van der Waals surface area contributed by atoms with Gasteiger partial charge in [0.15, 0.2) is 0 Å². The highest BCUT2D eigenvalue weighted by Crippen LogP contribution is 2.42. The van der Waals surface area contributed by atoms with Gasteiger partial charge in [-0.3, -0.25) is 9.10 Å². The maximum atomic E-state index is 12.9. The van der Waals surface area contributed by atoms with E-state index in [0.717, 1.165) is 38.3 Å². The summed E-state index contributed by atoms with van der Waals surface area (Å²) in [6.07, 6.45) is 3.40. The van der Waals surface area contributed by atoms with Crippen LogP contribution in [-0.2, 0) is 14.8 Å². The molecule has 3 rings (SSSR count). The van der Waals surface area contributed by atoms with Crippen molar-refractivity contribution in [2.45, 2.75) is 44.8 Å². The zero-order chi connectivity index (χ0) is 21.9. The van der Waals surface area contributed by atoms with Gasteiger partial charge in [-0.1, -0.05) is 32.0 Å². The van der Waals surface area contributed by atoms with Crippen molar-refractivity contribution < 1.29 is 17.9 Å². The van der Waals surface area contributed by atoms with Crippen LogP contribution in [0.4, 0.5) is 5.69 Å². The normalized spacial score (nSPS) is 17.5. The van der Waals surface area contributed by atoms with Crippen molar-refractivity contribution >= 4 is 44.2 Å². The second kappa shape index (κ2) is 9.13. The maximum absolute atomic E-state index is 12.9. The Bertz CT molecular complexity index is 1000. The zero-order valence-corrected chi connectivity index (χ0v) is 20.4. The maximum Gasteiger partial charge on any atom is 0.241 e. The van der Waals surface area contributed by atoms with Crippen molar-refractivity contribution in [1.82, 2.24) is 5.32 Å². The number of benzene rings is 2. The highest BCUT2D eigenvalue weighted by molar-refractivity contribution is 14.1. The number of anilines is 1. The van der Waals surface area contributed by atoms with Gasteiger partial charge in [-0.2, -0.15) is 0 Å². The average Bonchev–Trinajstić information content (AvgIpc) is 2.72. The summed E-state index contributed by atoms with van der Waals surface area (Å²) in [6, 6.07) is 14.5. The van der Waals surface area contributed by atoms with E-state index in [1.165, 1.54) is 0 Å². The molecule has 6 nitrogen and oxygen atoms in total. The predicted molar refractivity (Wildman–Crippen MR) is 127 cm³/mol. The van der Waals surface area contributed by atoms with E-state index in [-0.39, 0.29) is 24.1 Å². The highest BCUT2D eigenvalue weighted by Gasteiger charge is 2.39. The van der Waals surface area contributed by atoms with Crippen LogP contribution in [0.25, 0.3) is 0 Å². The molecule has 0 saturated heterocycles. The Morgan fingerprint density at radius 2 is 1.80 bits per heavy atom. The first kappa shape index (κ1) is 22.9. The third-order valence-electron chi connectivity index (χ3n) is 5.62. The number of carbonyl (C=O) groups excluding carboxylic acids is 1. The molecular formula is C22H27IN2O4S. The number of hydrogen-bond donors (Lipinski definition) is 1. The Morgan fingerprint density at radius 1 is 1.17 bits per heavy atom. The van der Waals surface area contributed by atoms with Crippen molar-refractivity contribution in [3.05, 3.63) is 57.7 Å². The quantitative estimate of drug-likeness (QED) is 0.531. The van der Waals surface area contributed by atoms with Gasteiger partial charge < -0.3 is 10.1 Å². The molecule has 1 heterocycles. The SMILES string of the molecule is CCC1(CC)C[C@@H](NC(=O)CN(c2ccc(I)cc2)S(C)(=O)=O)c2ccccc2O1. The summed E-state index contributed by atoms with van der Waals surface area (Å²) in [4.78, 5) is 12.9. The van der Waals surface area contributed by atoms with Crippen LogP contribution in [0.2, 0.25) is 0 Å². The van der Waals surface area contributed by atoms with E-state index in [2.05, 4.69) is 41.8 Å². The third kappa shape index (κ3) is 5.08. The second-order valence-electron chi connectivity index (χ2n) is 7.60. The lowest BCUT2D eigenvalue weighted by molar-refractivity contribution is -0.121. The van der Waals surface area contributed by atoms with Crippen molar-refractivity contribution in [2.24, 2.45) is 0 Å². The molecule has 30 heavy (non-hydrogen) atoms. The van der Waals surface area contributed by atoms with Crippen LogP contribution >= 0.6 is 22.6 Å². The molecule has 0 unspecified atom stereocenters. The molecule has 1 amide bonds. The molecule has 162 valence electrons. The van der Waals surface area contributed by atoms with Crippen molar-refractivity contribution in [3.8, 4) is 5.75 Å². The molecule has 0 bridgehead atoms. The van der Waals surface area contributed by atoms with Gasteiger partial charge in [0.1, 0.15) is 17.9 Å². The monoisotopic (exact) mass is 542 g/mol. The summed E-state index contributed by atoms with van der Waals surface area (Å²) in [5.41, 5.74) is 1.04. The standard InChI is InChI=1S/C22H27IN2O4S/c1-4-22(5-2)14-19(18-8-6-7-9-20(18)29-22)24-21(26)15-25(30(3,27)28)17-12-10-16(23)11-13-17/h6-13,19H,4-5,14-15H2,1-3H3,(H,24,26)/t19-/m1/s1. The Hall–Kier alpha value is -1.81. The Labute approximate surface area is 192 Å². The number of amides is 1. The van der Waals surface area contributed by atoms with Crippen LogP contribution in [0.15, 0.2) is 48.5 Å². The van der Waals surface area contributed by atoms with Gasteiger partial charge in [-0.05, 0) is 65.8 Å². The number of rotatable bonds is 7. The first-order valence-electron chi connectivity index (χ1n) is 9.98. The van der Waals surface area contributed by atoms with E-state index in [4.69, 9.17) is 4.74 Å². The van der Waals surface area contributed by atoms with Gasteiger partial charge in [0, 0.05) is 15.6 Å². The Morgan fingerprint density at radius 3 is 2.40 bits per heavy atom. The summed E-state index contributed by atoms with van der Waals surface area (Å²) in [5, 5.41) is 3.06. The van der Waals surface area contributed by atoms with E-state index in [9.17, 15) is 13.2 Å². The molecule has 8 heteroatoms. The number of halogens is 1. The molecule has 0 saturated carbocycles. The zero-order valence-electron chi connectivity index (χ0n) is 17.4. The third-order valence-corrected chi connectivity index (χ3v) is 7.48. The molecule has 0 aromatic heterocycles. The van der Waals surface area contributed by atoms with Crippen molar-refractivity contribution in [2.75, 3.05) is 17.1 Å². The fraction of sp³-hybridized carbons (Fsp3) is 0.409. The molecule has 1 aliphatic rings. The van der Waals surface area contributed by atoms with Gasteiger partial charge in [0.25, 0.3) is 0 Å². The van der Waals surface area contributed by atoms with Crippen LogP contribution in [0.1, 0.15) is 44.7 Å². The first-order valence-corrected chi connectivity index (χ1v) is 12.9. The minimum atomic E-state index is -3.61. The largest absolute Gasteiger partial charge is 0.487 e. The topological polar surface area (TPSA) is 75.7 Å². The number of ether oxygens (including phenoxy) is 1. The van der Waals surface area contributed by atoms with Gasteiger partial charge in [0.05, 0.1) is 18.0 Å². The predicted octanol–water partition coefficient (Wildman–Crippen LogP) is 4.26. The number of hydrogen-bond acceptors (Lipinski definition) is 4. The molecule has 1 N–H and O–H groups in total. The molecule has 0 aliphatic carbocycles. The molecular weight excluding hydrogens is 515 g/mol. The number of sulfonamides is 1. The number of carbonyl (C=O) groups is 1. The van der Waals surface area contributed by atoms with E-state index >= 15 is 0 Å². The lowest BCUT2D eigenvalue weighted by Gasteiger charge is -2.41. The molecule has 0 radical (unpaired) electrons. The van der Waals surface area contributed by atoms with Crippen molar-refractivity contribution in [3.63, 3.8) is 0 Å². The number of para-hydroxylation sites is 1. The highest BCUT2D eigenvalue weighted by atomic mass is 127. The molecule has 2 aromatic carbocycles. The van der Waals surface area contributed by atoms with E-state index in [1.807, 2.05) is 36.4 Å². The van der Waals surface area contributed by atoms with Crippen LogP contribution < -0.4 is 14.4 Å². The second-order valence-corrected chi connectivity index (χ2v) is 10.8. The van der Waals surface area contributed by atoms with Crippen LogP contribution in [0.3, 0.4) is 0 Å². The van der Waals surface area contributed by atoms with E-state index in [0.29, 0.717) is 12.1 Å². The van der Waals surface area contributed by atoms with Gasteiger partial charge in [-0.25, -0.2) is 8.42 Å². The Balaban J connectivity index is 1.84. The van der Waals surface area contributed by atoms with Crippen molar-refractivity contribution in [1.29, 1.82) is 0 Å². The Kier molecular flexibility index (Phi) is 6.96. The van der Waals surface area contributed by atoms with E-state index in [1.54, 1.807) is 12.1 Å². The van der Waals surface area contributed by atoms with Crippen LogP contribution in [0.5, 0.6) is 5.75 Å². The number of nitrogens with zero attached hydrogens (tertiary/aromatic N) is 1. The molecule has 1 aliphatic heterocycles. The van der Waals surface area contributed by atoms with E-state index < -0.39 is 10.0 Å². The van der Waals surface area contributed by atoms with Crippen LogP contribution in [-0.4, -0.2) is 32.7 Å². The molecule has 1 atom stereocenters. The fourth-order valence-electron chi connectivity index (χ4n) is 3.81. The number of nitrogens with one attached hydrogen (secondary N) is 1. The first-order chi connectivity index (χ1) is 14.2. The lowest BCUT2D eigenvalue weighted by Crippen LogP contribution is -2.47. The smallest absolute Gasteiger partial charge is 0.241 e. The summed E-state index contributed by atoms with van der Waals surface area (Å²) in [5.74, 6) is 0.428. The molecule has 0 spiro atoms. The summed E-state index contributed by atoms with van der Waals surface area (Å²) in [6.45, 7) is 3.89. The van der Waals surface area contributed by atoms with Gasteiger partial charge >= 0.3 is 0 Å². The minimum absolute atomic E-state index is 0.236. The lowest BCUT2D eigenvalue weighted by atomic mass is 9.83. The summed E-state index contributed by atoms with van der Waals surface area (Å²) >= 11 is 2.15. The number of fused-ring (bicyclic) bond motifs is 1. The summed E-state index contributed by atoms with van der Waals surface area (Å²) in [7, 11) is -3.61. The van der Waals surface area contributed by atoms with Gasteiger partial charge in [-0.15, -0.1) is 0 Å². The average molecular weight is 542 g/mol.